The van der Waals surface area contributed by atoms with Gasteiger partial charge in [0.15, 0.2) is 17.0 Å². The van der Waals surface area contributed by atoms with Crippen molar-refractivity contribution in [2.45, 2.75) is 19.9 Å². The van der Waals surface area contributed by atoms with Crippen molar-refractivity contribution in [3.63, 3.8) is 0 Å². The highest BCUT2D eigenvalue weighted by Gasteiger charge is 2.12. The number of aromatic nitrogens is 6. The van der Waals surface area contributed by atoms with Crippen LogP contribution in [0, 0.1) is 6.92 Å². The lowest BCUT2D eigenvalue weighted by atomic mass is 10.4. The van der Waals surface area contributed by atoms with Crippen molar-refractivity contribution in [3.05, 3.63) is 38.9 Å². The van der Waals surface area contributed by atoms with Gasteiger partial charge in [0.1, 0.15) is 0 Å². The van der Waals surface area contributed by atoms with Crippen LogP contribution in [0.4, 0.5) is 0 Å². The molecule has 0 aromatic carbocycles. The van der Waals surface area contributed by atoms with Crippen molar-refractivity contribution >= 4 is 11.2 Å². The first-order valence-electron chi connectivity index (χ1n) is 5.99. The molecule has 0 aliphatic carbocycles. The Balaban J connectivity index is 1.99. The molecule has 0 bridgehead atoms. The van der Waals surface area contributed by atoms with Crippen LogP contribution in [0.15, 0.2) is 20.4 Å². The largest absolute Gasteiger partial charge is 0.340 e. The van der Waals surface area contributed by atoms with Crippen molar-refractivity contribution < 1.29 is 4.52 Å². The van der Waals surface area contributed by atoms with Crippen molar-refractivity contribution in [1.29, 1.82) is 0 Å². The average Bonchev–Trinajstić information content (AvgIpc) is 3.00. The summed E-state index contributed by atoms with van der Waals surface area (Å²) < 4.78 is 7.84. The van der Waals surface area contributed by atoms with Crippen LogP contribution in [0.1, 0.15) is 11.7 Å². The van der Waals surface area contributed by atoms with Crippen LogP contribution in [0.5, 0.6) is 0 Å². The van der Waals surface area contributed by atoms with Crippen molar-refractivity contribution in [2.75, 3.05) is 0 Å². The van der Waals surface area contributed by atoms with E-state index in [1.54, 1.807) is 18.5 Å². The highest BCUT2D eigenvalue weighted by atomic mass is 16.5. The van der Waals surface area contributed by atoms with E-state index in [1.807, 2.05) is 0 Å². The third-order valence-corrected chi connectivity index (χ3v) is 3.02. The fourth-order valence-corrected chi connectivity index (χ4v) is 2.02. The second-order valence-corrected chi connectivity index (χ2v) is 4.41. The Labute approximate surface area is 111 Å². The molecular formula is C11H12N6O3. The number of nitrogens with zero attached hydrogens (tertiary/aromatic N) is 5. The van der Waals surface area contributed by atoms with Gasteiger partial charge in [-0.15, -0.1) is 0 Å². The summed E-state index contributed by atoms with van der Waals surface area (Å²) in [5.41, 5.74) is -0.234. The molecule has 3 aromatic heterocycles. The van der Waals surface area contributed by atoms with E-state index >= 15 is 0 Å². The Morgan fingerprint density at radius 2 is 2.20 bits per heavy atom. The molecule has 0 aliphatic rings. The molecule has 0 saturated carbocycles. The number of aryl methyl sites for hydroxylation is 4. The molecule has 9 heteroatoms. The Morgan fingerprint density at radius 1 is 1.40 bits per heavy atom. The fourth-order valence-electron chi connectivity index (χ4n) is 2.02. The highest BCUT2D eigenvalue weighted by Crippen LogP contribution is 2.06. The van der Waals surface area contributed by atoms with Crippen molar-refractivity contribution in [2.24, 2.45) is 7.05 Å². The Bertz CT molecular complexity index is 884. The van der Waals surface area contributed by atoms with E-state index in [9.17, 15) is 9.59 Å². The normalized spacial score (nSPS) is 11.3. The Kier molecular flexibility index (Phi) is 2.74. The summed E-state index contributed by atoms with van der Waals surface area (Å²) in [5.74, 6) is 1.06. The molecular weight excluding hydrogens is 264 g/mol. The van der Waals surface area contributed by atoms with Crippen molar-refractivity contribution in [3.8, 4) is 0 Å². The van der Waals surface area contributed by atoms with Crippen LogP contribution >= 0.6 is 0 Å². The summed E-state index contributed by atoms with van der Waals surface area (Å²) in [7, 11) is 1.56. The van der Waals surface area contributed by atoms with Crippen molar-refractivity contribution in [1.82, 2.24) is 29.2 Å². The summed E-state index contributed by atoms with van der Waals surface area (Å²) in [6, 6.07) is 0. The molecule has 104 valence electrons. The molecule has 0 amide bonds. The minimum absolute atomic E-state index is 0.350. The number of aromatic amines is 1. The second kappa shape index (κ2) is 4.44. The number of fused-ring (bicyclic) bond motifs is 1. The van der Waals surface area contributed by atoms with Gasteiger partial charge in [0.05, 0.1) is 6.33 Å². The molecule has 0 fully saturated rings. The first-order chi connectivity index (χ1) is 9.56. The lowest BCUT2D eigenvalue weighted by Gasteiger charge is -2.02. The molecule has 3 heterocycles. The van der Waals surface area contributed by atoms with E-state index in [0.29, 0.717) is 35.8 Å². The van der Waals surface area contributed by atoms with E-state index in [1.165, 1.54) is 10.9 Å². The molecule has 0 aliphatic heterocycles. The number of rotatable bonds is 3. The van der Waals surface area contributed by atoms with E-state index in [4.69, 9.17) is 4.52 Å². The molecule has 0 unspecified atom stereocenters. The Morgan fingerprint density at radius 3 is 2.90 bits per heavy atom. The predicted molar refractivity (Wildman–Crippen MR) is 68.3 cm³/mol. The van der Waals surface area contributed by atoms with Crippen LogP contribution in [0.25, 0.3) is 11.2 Å². The third kappa shape index (κ3) is 1.92. The monoisotopic (exact) mass is 276 g/mol. The smallest absolute Gasteiger partial charge is 0.329 e. The maximum absolute atomic E-state index is 11.9. The molecule has 0 radical (unpaired) electrons. The van der Waals surface area contributed by atoms with E-state index in [-0.39, 0.29) is 0 Å². The first kappa shape index (κ1) is 12.3. The van der Waals surface area contributed by atoms with Gasteiger partial charge in [-0.3, -0.25) is 14.3 Å². The van der Waals surface area contributed by atoms with E-state index < -0.39 is 11.2 Å². The average molecular weight is 276 g/mol. The van der Waals surface area contributed by atoms with Gasteiger partial charge >= 0.3 is 5.69 Å². The van der Waals surface area contributed by atoms with Crippen LogP contribution < -0.4 is 11.2 Å². The number of nitrogens with one attached hydrogen (secondary N) is 1. The molecule has 9 nitrogen and oxygen atoms in total. The zero-order valence-electron chi connectivity index (χ0n) is 11.0. The molecule has 20 heavy (non-hydrogen) atoms. The number of hydrogen-bond donors (Lipinski definition) is 1. The molecule has 3 rings (SSSR count). The molecule has 3 aromatic rings. The molecule has 0 saturated heterocycles. The van der Waals surface area contributed by atoms with Gasteiger partial charge in [-0.25, -0.2) is 9.78 Å². The summed E-state index contributed by atoms with van der Waals surface area (Å²) >= 11 is 0. The van der Waals surface area contributed by atoms with Gasteiger partial charge in [0.25, 0.3) is 5.56 Å². The molecule has 0 atom stereocenters. The quantitative estimate of drug-likeness (QED) is 0.681. The highest BCUT2D eigenvalue weighted by molar-refractivity contribution is 5.69. The van der Waals surface area contributed by atoms with E-state index in [0.717, 1.165) is 0 Å². The van der Waals surface area contributed by atoms with E-state index in [2.05, 4.69) is 20.1 Å². The van der Waals surface area contributed by atoms with Gasteiger partial charge in [-0.05, 0) is 0 Å². The van der Waals surface area contributed by atoms with Crippen LogP contribution in [0.3, 0.4) is 0 Å². The summed E-state index contributed by atoms with van der Waals surface area (Å²) in [4.78, 5) is 33.8. The fraction of sp³-hybridized carbons (Fsp3) is 0.364. The SMILES string of the molecule is Cc1nc(CCn2cnc3c2c(=O)[nH]c(=O)n3C)no1. The second-order valence-electron chi connectivity index (χ2n) is 4.41. The van der Waals surface area contributed by atoms with Gasteiger partial charge in [0.2, 0.25) is 5.89 Å². The summed E-state index contributed by atoms with van der Waals surface area (Å²) in [5, 5.41) is 3.79. The van der Waals surface area contributed by atoms with Gasteiger partial charge in [-0.1, -0.05) is 5.16 Å². The summed E-state index contributed by atoms with van der Waals surface area (Å²) in [6.45, 7) is 2.18. The maximum atomic E-state index is 11.9. The van der Waals surface area contributed by atoms with Crippen LogP contribution in [-0.4, -0.2) is 29.2 Å². The maximum Gasteiger partial charge on any atom is 0.329 e. The Hall–Kier alpha value is -2.71. The lowest BCUT2D eigenvalue weighted by Crippen LogP contribution is -2.29. The van der Waals surface area contributed by atoms with Crippen LogP contribution in [0.2, 0.25) is 0 Å². The predicted octanol–water partition coefficient (Wildman–Crippen LogP) is -0.643. The standard InChI is InChI=1S/C11H12N6O3/c1-6-13-7(15-20-6)3-4-17-5-12-9-8(17)10(18)14-11(19)16(9)2/h5H,3-4H2,1-2H3,(H,14,18,19). The number of imidazole rings is 1. The minimum Gasteiger partial charge on any atom is -0.340 e. The lowest BCUT2D eigenvalue weighted by molar-refractivity contribution is 0.386. The zero-order valence-corrected chi connectivity index (χ0v) is 11.0. The third-order valence-electron chi connectivity index (χ3n) is 3.02. The minimum atomic E-state index is -0.485. The van der Waals surface area contributed by atoms with Gasteiger partial charge in [-0.2, -0.15) is 4.98 Å². The topological polar surface area (TPSA) is 112 Å². The zero-order chi connectivity index (χ0) is 14.3. The van der Waals surface area contributed by atoms with Gasteiger partial charge < -0.3 is 9.09 Å². The van der Waals surface area contributed by atoms with Crippen LogP contribution in [-0.2, 0) is 20.0 Å². The number of hydrogen-bond acceptors (Lipinski definition) is 6. The molecule has 1 N–H and O–H groups in total. The first-order valence-corrected chi connectivity index (χ1v) is 5.99. The summed E-state index contributed by atoms with van der Waals surface area (Å²) in [6.07, 6.45) is 2.03. The van der Waals surface area contributed by atoms with Gasteiger partial charge in [0, 0.05) is 26.9 Å². The number of H-pyrrole nitrogens is 1. The molecule has 0 spiro atoms.